The van der Waals surface area contributed by atoms with Gasteiger partial charge in [-0.25, -0.2) is 4.79 Å². The summed E-state index contributed by atoms with van der Waals surface area (Å²) in [7, 11) is 0. The first kappa shape index (κ1) is 15.5. The van der Waals surface area contributed by atoms with Gasteiger partial charge in [0.25, 0.3) is 5.91 Å². The lowest BCUT2D eigenvalue weighted by molar-refractivity contribution is -0.113. The first-order valence-electron chi connectivity index (χ1n) is 6.72. The molecule has 23 heavy (non-hydrogen) atoms. The second-order valence-corrected chi connectivity index (χ2v) is 6.46. The Morgan fingerprint density at radius 1 is 1.13 bits per heavy atom. The first-order chi connectivity index (χ1) is 11.1. The van der Waals surface area contributed by atoms with E-state index in [2.05, 4.69) is 0 Å². The van der Waals surface area contributed by atoms with Crippen molar-refractivity contribution < 1.29 is 14.7 Å². The van der Waals surface area contributed by atoms with E-state index < -0.39 is 5.97 Å². The van der Waals surface area contributed by atoms with Gasteiger partial charge in [0.05, 0.1) is 16.2 Å². The Balaban J connectivity index is 1.95. The molecular formula is C17H11NO3S2. The molecule has 3 rings (SSSR count). The number of hydrogen-bond acceptors (Lipinski definition) is 4. The third-order valence-corrected chi connectivity index (χ3v) is 4.54. The van der Waals surface area contributed by atoms with E-state index in [4.69, 9.17) is 17.3 Å². The number of thioether (sulfide) groups is 1. The maximum atomic E-state index is 12.6. The van der Waals surface area contributed by atoms with Crippen molar-refractivity contribution >= 4 is 51.9 Å². The summed E-state index contributed by atoms with van der Waals surface area (Å²) in [6, 6.07) is 15.7. The molecule has 0 unspecified atom stereocenters. The molecule has 1 aliphatic heterocycles. The highest BCUT2D eigenvalue weighted by molar-refractivity contribution is 8.27. The Labute approximate surface area is 142 Å². The number of benzene rings is 2. The summed E-state index contributed by atoms with van der Waals surface area (Å²) in [4.78, 5) is 25.6. The minimum atomic E-state index is -1.04. The van der Waals surface area contributed by atoms with E-state index in [0.717, 1.165) is 5.56 Å². The van der Waals surface area contributed by atoms with Crippen LogP contribution in [-0.2, 0) is 4.79 Å². The standard InChI is InChI=1S/C17H11NO3S2/c19-15-14(9-11-5-2-1-3-6-11)23-17(22)18(15)13-8-4-7-12(10-13)16(20)21/h1-10H,(H,20,21)/b14-9+. The maximum Gasteiger partial charge on any atom is 0.335 e. The third kappa shape index (κ3) is 3.18. The molecule has 1 N–H and O–H groups in total. The predicted molar refractivity (Wildman–Crippen MR) is 95.5 cm³/mol. The third-order valence-electron chi connectivity index (χ3n) is 3.24. The summed E-state index contributed by atoms with van der Waals surface area (Å²) < 4.78 is 0.389. The fourth-order valence-corrected chi connectivity index (χ4v) is 3.47. The number of carboxylic acids is 1. The lowest BCUT2D eigenvalue weighted by atomic mass is 10.2. The molecule has 1 aliphatic rings. The molecule has 2 aromatic rings. The molecule has 0 atom stereocenters. The number of carbonyl (C=O) groups excluding carboxylic acids is 1. The molecule has 0 bridgehead atoms. The van der Waals surface area contributed by atoms with Crippen molar-refractivity contribution in [2.75, 3.05) is 4.90 Å². The molecule has 1 amide bonds. The fourth-order valence-electron chi connectivity index (χ4n) is 2.17. The Bertz CT molecular complexity index is 831. The van der Waals surface area contributed by atoms with E-state index in [0.29, 0.717) is 14.9 Å². The van der Waals surface area contributed by atoms with Crippen LogP contribution in [0.3, 0.4) is 0 Å². The highest BCUT2D eigenvalue weighted by atomic mass is 32.2. The van der Waals surface area contributed by atoms with Gasteiger partial charge in [0.1, 0.15) is 0 Å². The minimum absolute atomic E-state index is 0.114. The van der Waals surface area contributed by atoms with Gasteiger partial charge in [0.15, 0.2) is 4.32 Å². The molecule has 0 aliphatic carbocycles. The summed E-state index contributed by atoms with van der Waals surface area (Å²) >= 11 is 6.49. The molecule has 4 nitrogen and oxygen atoms in total. The van der Waals surface area contributed by atoms with Gasteiger partial charge < -0.3 is 5.11 Å². The van der Waals surface area contributed by atoms with E-state index >= 15 is 0 Å². The highest BCUT2D eigenvalue weighted by Crippen LogP contribution is 2.36. The second kappa shape index (κ2) is 6.36. The van der Waals surface area contributed by atoms with E-state index in [1.165, 1.54) is 28.8 Å². The SMILES string of the molecule is O=C(O)c1cccc(N2C(=O)/C(=C\c3ccccc3)SC2=S)c1. The fraction of sp³-hybridized carbons (Fsp3) is 0. The number of thiocarbonyl (C=S) groups is 1. The van der Waals surface area contributed by atoms with Crippen LogP contribution in [0.25, 0.3) is 6.08 Å². The number of carboxylic acid groups (broad SMARTS) is 1. The number of carbonyl (C=O) groups is 2. The van der Waals surface area contributed by atoms with Gasteiger partial charge in [-0.15, -0.1) is 0 Å². The normalized spacial score (nSPS) is 16.2. The number of hydrogen-bond donors (Lipinski definition) is 1. The molecule has 114 valence electrons. The largest absolute Gasteiger partial charge is 0.478 e. The van der Waals surface area contributed by atoms with Crippen LogP contribution in [0.5, 0.6) is 0 Å². The van der Waals surface area contributed by atoms with Crippen molar-refractivity contribution in [3.05, 3.63) is 70.6 Å². The molecule has 0 radical (unpaired) electrons. The molecule has 1 heterocycles. The maximum absolute atomic E-state index is 12.6. The van der Waals surface area contributed by atoms with Crippen molar-refractivity contribution in [2.24, 2.45) is 0 Å². The number of nitrogens with zero attached hydrogens (tertiary/aromatic N) is 1. The number of anilines is 1. The molecule has 6 heteroatoms. The Kier molecular flexibility index (Phi) is 4.27. The topological polar surface area (TPSA) is 57.6 Å². The zero-order valence-corrected chi connectivity index (χ0v) is 13.4. The van der Waals surface area contributed by atoms with Crippen LogP contribution in [0.15, 0.2) is 59.5 Å². The minimum Gasteiger partial charge on any atom is -0.478 e. The monoisotopic (exact) mass is 341 g/mol. The Morgan fingerprint density at radius 2 is 1.87 bits per heavy atom. The van der Waals surface area contributed by atoms with Crippen molar-refractivity contribution in [2.45, 2.75) is 0 Å². The van der Waals surface area contributed by atoms with Gasteiger partial charge in [0.2, 0.25) is 0 Å². The summed E-state index contributed by atoms with van der Waals surface area (Å²) in [6.45, 7) is 0. The molecule has 0 spiro atoms. The predicted octanol–water partition coefficient (Wildman–Crippen LogP) is 3.79. The van der Waals surface area contributed by atoms with Crippen molar-refractivity contribution in [1.82, 2.24) is 0 Å². The van der Waals surface area contributed by atoms with Crippen LogP contribution in [0.2, 0.25) is 0 Å². The summed E-state index contributed by atoms with van der Waals surface area (Å²) in [5, 5.41) is 9.08. The van der Waals surface area contributed by atoms with Crippen LogP contribution >= 0.6 is 24.0 Å². The Hall–Kier alpha value is -2.44. The number of rotatable bonds is 3. The molecular weight excluding hydrogens is 330 g/mol. The average Bonchev–Trinajstić information content (AvgIpc) is 2.82. The molecule has 0 aromatic heterocycles. The van der Waals surface area contributed by atoms with Crippen molar-refractivity contribution in [1.29, 1.82) is 0 Å². The summed E-state index contributed by atoms with van der Waals surface area (Å²) in [6.07, 6.45) is 1.78. The van der Waals surface area contributed by atoms with E-state index in [1.807, 2.05) is 30.3 Å². The van der Waals surface area contributed by atoms with Gasteiger partial charge in [-0.1, -0.05) is 60.4 Å². The zero-order valence-electron chi connectivity index (χ0n) is 11.8. The smallest absolute Gasteiger partial charge is 0.335 e. The lowest BCUT2D eigenvalue weighted by Gasteiger charge is -2.14. The summed E-state index contributed by atoms with van der Waals surface area (Å²) in [5.41, 5.74) is 1.49. The highest BCUT2D eigenvalue weighted by Gasteiger charge is 2.33. The van der Waals surface area contributed by atoms with Crippen LogP contribution in [0, 0.1) is 0 Å². The summed E-state index contributed by atoms with van der Waals surface area (Å²) in [5.74, 6) is -1.29. The van der Waals surface area contributed by atoms with Gasteiger partial charge in [-0.3, -0.25) is 9.69 Å². The molecule has 1 fully saturated rings. The quantitative estimate of drug-likeness (QED) is 0.680. The van der Waals surface area contributed by atoms with Gasteiger partial charge >= 0.3 is 5.97 Å². The zero-order chi connectivity index (χ0) is 16.4. The van der Waals surface area contributed by atoms with Crippen LogP contribution < -0.4 is 4.90 Å². The van der Waals surface area contributed by atoms with E-state index in [9.17, 15) is 9.59 Å². The molecule has 0 saturated carbocycles. The number of aromatic carboxylic acids is 1. The molecule has 2 aromatic carbocycles. The van der Waals surface area contributed by atoms with E-state index in [1.54, 1.807) is 18.2 Å². The van der Waals surface area contributed by atoms with Crippen LogP contribution in [0.1, 0.15) is 15.9 Å². The van der Waals surface area contributed by atoms with Crippen molar-refractivity contribution in [3.63, 3.8) is 0 Å². The number of amides is 1. The van der Waals surface area contributed by atoms with E-state index in [-0.39, 0.29) is 11.5 Å². The first-order valence-corrected chi connectivity index (χ1v) is 7.95. The van der Waals surface area contributed by atoms with Crippen molar-refractivity contribution in [3.8, 4) is 0 Å². The van der Waals surface area contributed by atoms with Gasteiger partial charge in [-0.05, 0) is 29.8 Å². The average molecular weight is 341 g/mol. The second-order valence-electron chi connectivity index (χ2n) is 4.78. The van der Waals surface area contributed by atoms with Crippen LogP contribution in [-0.4, -0.2) is 21.3 Å². The molecule has 1 saturated heterocycles. The van der Waals surface area contributed by atoms with Crippen LogP contribution in [0.4, 0.5) is 5.69 Å². The lowest BCUT2D eigenvalue weighted by Crippen LogP contribution is -2.27. The Morgan fingerprint density at radius 3 is 2.57 bits per heavy atom. The van der Waals surface area contributed by atoms with Gasteiger partial charge in [-0.2, -0.15) is 0 Å². The van der Waals surface area contributed by atoms with Gasteiger partial charge in [0, 0.05) is 0 Å².